The lowest BCUT2D eigenvalue weighted by molar-refractivity contribution is -0.122. The number of allylic oxidation sites excluding steroid dienone is 4. The van der Waals surface area contributed by atoms with Crippen molar-refractivity contribution in [1.29, 1.82) is 0 Å². The Morgan fingerprint density at radius 3 is 2.89 bits per heavy atom. The first-order chi connectivity index (χ1) is 8.65. The molecule has 1 aromatic rings. The van der Waals surface area contributed by atoms with E-state index >= 15 is 0 Å². The van der Waals surface area contributed by atoms with E-state index < -0.39 is 6.10 Å². The molecule has 1 unspecified atom stereocenters. The molecule has 0 bridgehead atoms. The zero-order valence-electron chi connectivity index (χ0n) is 10.3. The minimum absolute atomic E-state index is 0.132. The summed E-state index contributed by atoms with van der Waals surface area (Å²) >= 11 is 0. The molecular formula is C15H15NO2. The van der Waals surface area contributed by atoms with E-state index in [1.165, 1.54) is 0 Å². The van der Waals surface area contributed by atoms with Crippen LogP contribution in [0.2, 0.25) is 0 Å². The second-order valence-electron chi connectivity index (χ2n) is 4.02. The highest BCUT2D eigenvalue weighted by Gasteiger charge is 2.23. The number of ether oxygens (including phenoxy) is 1. The molecule has 2 rings (SSSR count). The van der Waals surface area contributed by atoms with Crippen LogP contribution in [0.3, 0.4) is 0 Å². The van der Waals surface area contributed by atoms with Crippen molar-refractivity contribution >= 4 is 17.2 Å². The van der Waals surface area contributed by atoms with E-state index in [9.17, 15) is 4.79 Å². The van der Waals surface area contributed by atoms with E-state index in [-0.39, 0.29) is 5.91 Å². The summed E-state index contributed by atoms with van der Waals surface area (Å²) in [5.74, 6) is 0.556. The average molecular weight is 241 g/mol. The fourth-order valence-electron chi connectivity index (χ4n) is 1.80. The van der Waals surface area contributed by atoms with Crippen LogP contribution in [-0.2, 0) is 4.79 Å². The quantitative estimate of drug-likeness (QED) is 0.825. The lowest BCUT2D eigenvalue weighted by atomic mass is 10.0. The molecule has 0 aromatic heterocycles. The van der Waals surface area contributed by atoms with E-state index in [4.69, 9.17) is 4.74 Å². The van der Waals surface area contributed by atoms with Crippen LogP contribution in [-0.4, -0.2) is 12.0 Å². The van der Waals surface area contributed by atoms with Crippen molar-refractivity contribution in [2.24, 2.45) is 0 Å². The predicted molar refractivity (Wildman–Crippen MR) is 73.5 cm³/mol. The predicted octanol–water partition coefficient (Wildman–Crippen LogP) is 3.16. The van der Waals surface area contributed by atoms with E-state index in [1.54, 1.807) is 19.1 Å². The van der Waals surface area contributed by atoms with Gasteiger partial charge in [-0.1, -0.05) is 37.5 Å². The van der Waals surface area contributed by atoms with Crippen LogP contribution in [0.4, 0.5) is 5.69 Å². The van der Waals surface area contributed by atoms with Gasteiger partial charge in [0, 0.05) is 0 Å². The summed E-state index contributed by atoms with van der Waals surface area (Å²) in [6, 6.07) is 5.65. The lowest BCUT2D eigenvalue weighted by Gasteiger charge is -2.23. The fourth-order valence-corrected chi connectivity index (χ4v) is 1.80. The standard InChI is InChI=1S/C15H15NO2/c1-4-6-11(5-2)12-7-8-14-13(9-12)16-15(17)10(3)18-14/h4-10H,1-2H2,3H3,(H,16,17)/b11-6+. The summed E-state index contributed by atoms with van der Waals surface area (Å²) in [6.07, 6.45) is 4.86. The summed E-state index contributed by atoms with van der Waals surface area (Å²) < 4.78 is 5.49. The molecule has 0 spiro atoms. The number of nitrogens with one attached hydrogen (secondary N) is 1. The number of hydrogen-bond acceptors (Lipinski definition) is 2. The molecule has 1 aliphatic rings. The van der Waals surface area contributed by atoms with E-state index in [0.29, 0.717) is 11.4 Å². The number of fused-ring (bicyclic) bond motifs is 1. The van der Waals surface area contributed by atoms with Gasteiger partial charge in [0.05, 0.1) is 5.69 Å². The molecule has 0 saturated heterocycles. The summed E-state index contributed by atoms with van der Waals surface area (Å²) in [6.45, 7) is 9.15. The SMILES string of the molecule is C=C/C=C(\C=C)c1ccc2c(c1)NC(=O)C(C)O2. The fraction of sp³-hybridized carbons (Fsp3) is 0.133. The van der Waals surface area contributed by atoms with Gasteiger partial charge in [-0.25, -0.2) is 0 Å². The monoisotopic (exact) mass is 241 g/mol. The molecule has 1 aromatic carbocycles. The molecule has 1 heterocycles. The maximum Gasteiger partial charge on any atom is 0.265 e. The van der Waals surface area contributed by atoms with Crippen LogP contribution >= 0.6 is 0 Å². The van der Waals surface area contributed by atoms with Gasteiger partial charge in [-0.05, 0) is 30.2 Å². The van der Waals surface area contributed by atoms with E-state index in [1.807, 2.05) is 24.3 Å². The Kier molecular flexibility index (Phi) is 3.33. The lowest BCUT2D eigenvalue weighted by Crippen LogP contribution is -2.34. The molecule has 18 heavy (non-hydrogen) atoms. The number of rotatable bonds is 3. The van der Waals surface area contributed by atoms with Crippen molar-refractivity contribution in [2.75, 3.05) is 5.32 Å². The van der Waals surface area contributed by atoms with Gasteiger partial charge in [0.15, 0.2) is 6.10 Å². The van der Waals surface area contributed by atoms with Crippen molar-refractivity contribution in [3.8, 4) is 5.75 Å². The highest BCUT2D eigenvalue weighted by atomic mass is 16.5. The molecule has 3 nitrogen and oxygen atoms in total. The normalized spacial score (nSPS) is 18.4. The minimum atomic E-state index is -0.453. The molecule has 1 aliphatic heterocycles. The molecule has 1 N–H and O–H groups in total. The zero-order chi connectivity index (χ0) is 13.1. The highest BCUT2D eigenvalue weighted by molar-refractivity contribution is 5.98. The first-order valence-electron chi connectivity index (χ1n) is 5.73. The summed E-state index contributed by atoms with van der Waals surface area (Å²) in [4.78, 5) is 11.5. The number of benzene rings is 1. The molecule has 0 radical (unpaired) electrons. The maximum atomic E-state index is 11.5. The summed E-state index contributed by atoms with van der Waals surface area (Å²) in [7, 11) is 0. The molecule has 0 fully saturated rings. The number of anilines is 1. The van der Waals surface area contributed by atoms with Crippen LogP contribution in [0.15, 0.2) is 49.6 Å². The van der Waals surface area contributed by atoms with Crippen LogP contribution in [0.5, 0.6) is 5.75 Å². The second-order valence-corrected chi connectivity index (χ2v) is 4.02. The Hall–Kier alpha value is -2.29. The minimum Gasteiger partial charge on any atom is -0.479 e. The molecule has 92 valence electrons. The van der Waals surface area contributed by atoms with Gasteiger partial charge in [-0.2, -0.15) is 0 Å². The van der Waals surface area contributed by atoms with Crippen molar-refractivity contribution in [3.05, 3.63) is 55.1 Å². The van der Waals surface area contributed by atoms with E-state index in [2.05, 4.69) is 18.5 Å². The molecule has 1 atom stereocenters. The molecule has 0 aliphatic carbocycles. The summed E-state index contributed by atoms with van der Waals surface area (Å²) in [5, 5.41) is 2.82. The first-order valence-corrected chi connectivity index (χ1v) is 5.73. The number of hydrogen-bond donors (Lipinski definition) is 1. The Morgan fingerprint density at radius 2 is 2.22 bits per heavy atom. The number of carbonyl (C=O) groups excluding carboxylic acids is 1. The van der Waals surface area contributed by atoms with Crippen molar-refractivity contribution in [3.63, 3.8) is 0 Å². The van der Waals surface area contributed by atoms with Crippen molar-refractivity contribution in [1.82, 2.24) is 0 Å². The Bertz CT molecular complexity index is 543. The largest absolute Gasteiger partial charge is 0.479 e. The van der Waals surface area contributed by atoms with E-state index in [0.717, 1.165) is 11.1 Å². The second kappa shape index (κ2) is 4.92. The van der Waals surface area contributed by atoms with Gasteiger partial charge in [0.2, 0.25) is 0 Å². The topological polar surface area (TPSA) is 38.3 Å². The average Bonchev–Trinajstić information content (AvgIpc) is 2.37. The Balaban J connectivity index is 2.41. The van der Waals surface area contributed by atoms with Gasteiger partial charge in [-0.3, -0.25) is 4.79 Å². The molecule has 3 heteroatoms. The van der Waals surface area contributed by atoms with Crippen LogP contribution in [0, 0.1) is 0 Å². The van der Waals surface area contributed by atoms with Crippen LogP contribution in [0.25, 0.3) is 5.57 Å². The zero-order valence-corrected chi connectivity index (χ0v) is 10.3. The third-order valence-electron chi connectivity index (χ3n) is 2.76. The van der Waals surface area contributed by atoms with Crippen molar-refractivity contribution in [2.45, 2.75) is 13.0 Å². The highest BCUT2D eigenvalue weighted by Crippen LogP contribution is 2.32. The first kappa shape index (κ1) is 12.2. The molecular weight excluding hydrogens is 226 g/mol. The summed E-state index contributed by atoms with van der Waals surface area (Å²) in [5.41, 5.74) is 2.59. The van der Waals surface area contributed by atoms with Gasteiger partial charge >= 0.3 is 0 Å². The third-order valence-corrected chi connectivity index (χ3v) is 2.76. The maximum absolute atomic E-state index is 11.5. The van der Waals surface area contributed by atoms with Crippen LogP contribution < -0.4 is 10.1 Å². The smallest absolute Gasteiger partial charge is 0.265 e. The number of carbonyl (C=O) groups is 1. The molecule has 1 amide bonds. The van der Waals surface area contributed by atoms with Gasteiger partial charge < -0.3 is 10.1 Å². The van der Waals surface area contributed by atoms with Crippen LogP contribution in [0.1, 0.15) is 12.5 Å². The van der Waals surface area contributed by atoms with Crippen molar-refractivity contribution < 1.29 is 9.53 Å². The van der Waals surface area contributed by atoms with Gasteiger partial charge in [-0.15, -0.1) is 0 Å². The Labute approximate surface area is 106 Å². The number of amides is 1. The van der Waals surface area contributed by atoms with Gasteiger partial charge in [0.25, 0.3) is 5.91 Å². The third kappa shape index (κ3) is 2.20. The van der Waals surface area contributed by atoms with Gasteiger partial charge in [0.1, 0.15) is 5.75 Å². The Morgan fingerprint density at radius 1 is 1.44 bits per heavy atom. The molecule has 0 saturated carbocycles.